The summed E-state index contributed by atoms with van der Waals surface area (Å²) in [4.78, 5) is 0. The summed E-state index contributed by atoms with van der Waals surface area (Å²) in [5, 5.41) is 4.03. The Morgan fingerprint density at radius 2 is 0.714 bits per heavy atom. The molecule has 3 aromatic carbocycles. The average Bonchev–Trinajstić information content (AvgIpc) is 2.56. The Balaban J connectivity index is 0.00000161. The van der Waals surface area contributed by atoms with E-state index in [9.17, 15) is 0 Å². The zero-order valence-electron chi connectivity index (χ0n) is 11.3. The third-order valence-corrected chi connectivity index (χ3v) is 10.1. The van der Waals surface area contributed by atoms with Crippen molar-refractivity contribution in [3.8, 4) is 0 Å². The van der Waals surface area contributed by atoms with Crippen LogP contribution in [0.15, 0.2) is 91.0 Å². The summed E-state index contributed by atoms with van der Waals surface area (Å²) in [7, 11) is 0. The summed E-state index contributed by atoms with van der Waals surface area (Å²) in [6, 6.07) is 32.1. The van der Waals surface area contributed by atoms with E-state index in [0.29, 0.717) is 0 Å². The third kappa shape index (κ3) is 3.34. The Bertz CT molecular complexity index is 575. The molecule has 3 heteroatoms. The monoisotopic (exact) mass is 444 g/mol. The van der Waals surface area contributed by atoms with Gasteiger partial charge >= 0.3 is 0 Å². The number of rotatable bonds is 3. The number of hydrogen-bond acceptors (Lipinski definition) is 0. The van der Waals surface area contributed by atoms with E-state index < -0.39 is 5.96 Å². The van der Waals surface area contributed by atoms with Crippen LogP contribution in [0.3, 0.4) is 0 Å². The van der Waals surface area contributed by atoms with Crippen molar-refractivity contribution < 1.29 is 19.5 Å². The quantitative estimate of drug-likeness (QED) is 0.417. The van der Waals surface area contributed by atoms with Gasteiger partial charge in [0.05, 0.1) is 0 Å². The molecular weight excluding hydrogens is 430 g/mol. The molecule has 0 aromatic heterocycles. The molecule has 0 heterocycles. The Kier molecular flexibility index (Phi) is 5.88. The van der Waals surface area contributed by atoms with Crippen LogP contribution in [0.1, 0.15) is 0 Å². The molecule has 0 saturated heterocycles. The van der Waals surface area contributed by atoms with E-state index >= 15 is 0 Å². The van der Waals surface area contributed by atoms with Crippen molar-refractivity contribution in [1.82, 2.24) is 0 Å². The summed E-state index contributed by atoms with van der Waals surface area (Å²) in [5.74, 6) is -1.71. The van der Waals surface area contributed by atoms with Crippen molar-refractivity contribution >= 4 is 37.4 Å². The van der Waals surface area contributed by atoms with Crippen LogP contribution in [0, 0.1) is 0 Å². The first-order valence-corrected chi connectivity index (χ1v) is 10.4. The molecule has 0 aliphatic heterocycles. The van der Waals surface area contributed by atoms with Gasteiger partial charge < -0.3 is 0 Å². The van der Waals surface area contributed by atoms with Crippen LogP contribution in [0.2, 0.25) is 0 Å². The van der Waals surface area contributed by atoms with Crippen molar-refractivity contribution in [3.05, 3.63) is 91.0 Å². The molecule has 0 amide bonds. The molecule has 107 valence electrons. The molecule has 0 aliphatic rings. The summed E-state index contributed by atoms with van der Waals surface area (Å²) in [6.45, 7) is 0. The molecule has 0 bridgehead atoms. The second-order valence-electron chi connectivity index (χ2n) is 4.60. The molecule has 0 saturated carbocycles. The van der Waals surface area contributed by atoms with Gasteiger partial charge in [-0.2, -0.15) is 0 Å². The third-order valence-electron chi connectivity index (χ3n) is 3.34. The van der Waals surface area contributed by atoms with Gasteiger partial charge in [-0.25, -0.2) is 0 Å². The molecular formula is C18H15BrPRh+. The van der Waals surface area contributed by atoms with Gasteiger partial charge in [0.25, 0.3) is 0 Å². The fourth-order valence-electron chi connectivity index (χ4n) is 2.35. The van der Waals surface area contributed by atoms with Gasteiger partial charge in [-0.3, -0.25) is 0 Å². The van der Waals surface area contributed by atoms with Gasteiger partial charge in [-0.05, 0) is 36.4 Å². The Hall–Kier alpha value is -0.807. The molecule has 0 aliphatic carbocycles. The Labute approximate surface area is 147 Å². The van der Waals surface area contributed by atoms with Crippen molar-refractivity contribution in [2.45, 2.75) is 0 Å². The summed E-state index contributed by atoms with van der Waals surface area (Å²) >= 11 is 4.12. The minimum atomic E-state index is -1.71. The number of hydrogen-bond donors (Lipinski definition) is 0. The fourth-order valence-corrected chi connectivity index (χ4v) is 7.12. The van der Waals surface area contributed by atoms with Crippen LogP contribution in [0.4, 0.5) is 0 Å². The first-order valence-electron chi connectivity index (χ1n) is 6.57. The normalized spacial score (nSPS) is 10.7. The predicted octanol–water partition coefficient (Wildman–Crippen LogP) is 4.29. The maximum absolute atomic E-state index is 4.12. The molecule has 0 unspecified atom stereocenters. The molecule has 0 atom stereocenters. The van der Waals surface area contributed by atoms with Crippen LogP contribution < -0.4 is 15.9 Å². The van der Waals surface area contributed by atoms with Crippen LogP contribution in [-0.4, -0.2) is 0 Å². The van der Waals surface area contributed by atoms with Gasteiger partial charge in [-0.15, -0.1) is 0 Å². The van der Waals surface area contributed by atoms with Gasteiger partial charge in [0.2, 0.25) is 0 Å². The number of benzene rings is 3. The molecule has 1 radical (unpaired) electrons. The standard InChI is InChI=1S/C18H15BrP.Rh/c19-20(16-10-4-1-5-11-16,17-12-6-2-7-13-17)18-14-8-3-9-15-18;/h1-15H;/q+1;. The topological polar surface area (TPSA) is 0 Å². The molecule has 21 heavy (non-hydrogen) atoms. The Morgan fingerprint density at radius 1 is 0.476 bits per heavy atom. The van der Waals surface area contributed by atoms with Gasteiger partial charge in [0, 0.05) is 19.5 Å². The van der Waals surface area contributed by atoms with E-state index in [1.807, 2.05) is 0 Å². The SMILES string of the molecule is Br[P+](c1ccccc1)(c1ccccc1)c1ccccc1.[Rh]. The van der Waals surface area contributed by atoms with Gasteiger partial charge in [0.1, 0.15) is 15.9 Å². The smallest absolute Gasteiger partial charge is 0.0620 e. The predicted molar refractivity (Wildman–Crippen MR) is 94.1 cm³/mol. The second kappa shape index (κ2) is 7.45. The zero-order valence-corrected chi connectivity index (χ0v) is 15.4. The van der Waals surface area contributed by atoms with E-state index in [4.69, 9.17) is 0 Å². The molecule has 0 spiro atoms. The number of halogens is 1. The minimum Gasteiger partial charge on any atom is -0.0620 e. The van der Waals surface area contributed by atoms with Gasteiger partial charge in [-0.1, -0.05) is 54.6 Å². The van der Waals surface area contributed by atoms with Crippen LogP contribution in [-0.2, 0) is 19.5 Å². The molecule has 3 rings (SSSR count). The molecule has 3 aromatic rings. The van der Waals surface area contributed by atoms with Crippen molar-refractivity contribution in [2.24, 2.45) is 0 Å². The van der Waals surface area contributed by atoms with Crippen molar-refractivity contribution in [2.75, 3.05) is 0 Å². The van der Waals surface area contributed by atoms with E-state index in [1.165, 1.54) is 15.9 Å². The Morgan fingerprint density at radius 3 is 0.952 bits per heavy atom. The van der Waals surface area contributed by atoms with Crippen LogP contribution in [0.5, 0.6) is 0 Å². The first kappa shape index (κ1) is 16.6. The molecule has 0 nitrogen and oxygen atoms in total. The van der Waals surface area contributed by atoms with Crippen molar-refractivity contribution in [1.29, 1.82) is 0 Å². The average molecular weight is 445 g/mol. The summed E-state index contributed by atoms with van der Waals surface area (Å²) in [5.41, 5.74) is 0. The first-order chi connectivity index (χ1) is 9.82. The van der Waals surface area contributed by atoms with Crippen LogP contribution in [0.25, 0.3) is 0 Å². The molecule has 0 fully saturated rings. The van der Waals surface area contributed by atoms with E-state index in [-0.39, 0.29) is 19.5 Å². The van der Waals surface area contributed by atoms with Crippen LogP contribution >= 0.6 is 21.5 Å². The van der Waals surface area contributed by atoms with Crippen molar-refractivity contribution in [3.63, 3.8) is 0 Å². The summed E-state index contributed by atoms with van der Waals surface area (Å²) < 4.78 is 0. The minimum absolute atomic E-state index is 0. The summed E-state index contributed by atoms with van der Waals surface area (Å²) in [6.07, 6.45) is 0. The fraction of sp³-hybridized carbons (Fsp3) is 0. The van der Waals surface area contributed by atoms with E-state index in [0.717, 1.165) is 0 Å². The maximum atomic E-state index is 4.12. The largest absolute Gasteiger partial charge is 0.181 e. The maximum Gasteiger partial charge on any atom is 0.181 e. The molecule has 0 N–H and O–H groups in total. The van der Waals surface area contributed by atoms with E-state index in [2.05, 4.69) is 106 Å². The van der Waals surface area contributed by atoms with Gasteiger partial charge in [0.15, 0.2) is 21.5 Å². The van der Waals surface area contributed by atoms with E-state index in [1.54, 1.807) is 0 Å². The zero-order chi connectivity index (χ0) is 13.8. The second-order valence-corrected chi connectivity index (χ2v) is 10.5.